The molecule has 2 aromatic carbocycles. The van der Waals surface area contributed by atoms with Gasteiger partial charge >= 0.3 is 0 Å². The molecule has 1 unspecified atom stereocenters. The number of amides is 1. The summed E-state index contributed by atoms with van der Waals surface area (Å²) in [5, 5.41) is 12.6. The van der Waals surface area contributed by atoms with Crippen molar-refractivity contribution in [1.29, 1.82) is 0 Å². The van der Waals surface area contributed by atoms with Gasteiger partial charge in [-0.1, -0.05) is 30.0 Å². The van der Waals surface area contributed by atoms with E-state index in [9.17, 15) is 4.79 Å². The van der Waals surface area contributed by atoms with Crippen molar-refractivity contribution in [3.63, 3.8) is 0 Å². The van der Waals surface area contributed by atoms with Crippen LogP contribution in [-0.2, 0) is 11.3 Å². The maximum absolute atomic E-state index is 13.2. The lowest BCUT2D eigenvalue weighted by molar-refractivity contribution is -0.129. The van der Waals surface area contributed by atoms with E-state index in [4.69, 9.17) is 14.2 Å². The van der Waals surface area contributed by atoms with Crippen molar-refractivity contribution in [3.05, 3.63) is 53.6 Å². The Hall–Kier alpha value is -3.27. The van der Waals surface area contributed by atoms with Crippen molar-refractivity contribution < 1.29 is 19.0 Å². The zero-order valence-electron chi connectivity index (χ0n) is 19.1. The van der Waals surface area contributed by atoms with Crippen LogP contribution in [0.3, 0.4) is 0 Å². The number of aromatic nitrogens is 4. The third-order valence-corrected chi connectivity index (χ3v) is 6.99. The fourth-order valence-electron chi connectivity index (χ4n) is 4.31. The SMILES string of the molecule is COc1ccc(Cn2nnnc2SCC(=O)N2CCCC2c2ccc3c(c2)OCCCO3)cc1. The summed E-state index contributed by atoms with van der Waals surface area (Å²) in [6.45, 7) is 2.58. The minimum absolute atomic E-state index is 0.0422. The van der Waals surface area contributed by atoms with Crippen LogP contribution in [0.4, 0.5) is 0 Å². The second-order valence-corrected chi connectivity index (χ2v) is 9.20. The number of carbonyl (C=O) groups excluding carboxylic acids is 1. The van der Waals surface area contributed by atoms with E-state index in [1.807, 2.05) is 47.4 Å². The molecule has 1 aromatic heterocycles. The number of fused-ring (bicyclic) bond motifs is 1. The smallest absolute Gasteiger partial charge is 0.233 e. The Labute approximate surface area is 202 Å². The summed E-state index contributed by atoms with van der Waals surface area (Å²) in [6, 6.07) is 13.8. The first kappa shape index (κ1) is 22.5. The molecule has 2 aliphatic rings. The molecule has 1 amide bonds. The Morgan fingerprint density at radius 2 is 1.94 bits per heavy atom. The van der Waals surface area contributed by atoms with Crippen molar-refractivity contribution in [2.75, 3.05) is 32.6 Å². The quantitative estimate of drug-likeness (QED) is 0.475. The number of ether oxygens (including phenoxy) is 3. The van der Waals surface area contributed by atoms with Gasteiger partial charge in [0.25, 0.3) is 0 Å². The Morgan fingerprint density at radius 1 is 1.12 bits per heavy atom. The highest BCUT2D eigenvalue weighted by Crippen LogP contribution is 2.38. The third-order valence-electron chi connectivity index (χ3n) is 6.04. The number of thioether (sulfide) groups is 1. The molecule has 2 aliphatic heterocycles. The highest BCUT2D eigenvalue weighted by molar-refractivity contribution is 7.99. The predicted molar refractivity (Wildman–Crippen MR) is 126 cm³/mol. The summed E-state index contributed by atoms with van der Waals surface area (Å²) < 4.78 is 18.5. The molecule has 34 heavy (non-hydrogen) atoms. The van der Waals surface area contributed by atoms with Crippen molar-refractivity contribution in [1.82, 2.24) is 25.1 Å². The first-order valence-electron chi connectivity index (χ1n) is 11.4. The van der Waals surface area contributed by atoms with E-state index in [2.05, 4.69) is 15.5 Å². The maximum Gasteiger partial charge on any atom is 0.233 e. The predicted octanol–water partition coefficient (Wildman–Crippen LogP) is 3.35. The van der Waals surface area contributed by atoms with E-state index < -0.39 is 0 Å². The number of hydrogen-bond acceptors (Lipinski definition) is 8. The van der Waals surface area contributed by atoms with Gasteiger partial charge in [-0.15, -0.1) is 5.10 Å². The van der Waals surface area contributed by atoms with E-state index in [1.54, 1.807) is 11.8 Å². The van der Waals surface area contributed by atoms with Crippen LogP contribution < -0.4 is 14.2 Å². The number of rotatable bonds is 7. The lowest BCUT2D eigenvalue weighted by Gasteiger charge is -2.25. The van der Waals surface area contributed by atoms with Gasteiger partial charge in [-0.25, -0.2) is 4.68 Å². The van der Waals surface area contributed by atoms with Crippen LogP contribution in [0.25, 0.3) is 0 Å². The van der Waals surface area contributed by atoms with Crippen molar-refractivity contribution >= 4 is 17.7 Å². The van der Waals surface area contributed by atoms with E-state index in [0.717, 1.165) is 54.2 Å². The van der Waals surface area contributed by atoms with Crippen LogP contribution in [0.15, 0.2) is 47.6 Å². The number of methoxy groups -OCH3 is 1. The van der Waals surface area contributed by atoms with Crippen molar-refractivity contribution in [2.24, 2.45) is 0 Å². The second kappa shape index (κ2) is 10.3. The van der Waals surface area contributed by atoms with Crippen LogP contribution in [-0.4, -0.2) is 63.6 Å². The van der Waals surface area contributed by atoms with Gasteiger partial charge in [0.1, 0.15) is 5.75 Å². The molecule has 5 rings (SSSR count). The summed E-state index contributed by atoms with van der Waals surface area (Å²) in [5.74, 6) is 2.70. The number of hydrogen-bond donors (Lipinski definition) is 0. The molecule has 1 saturated heterocycles. The Kier molecular flexibility index (Phi) is 6.84. The summed E-state index contributed by atoms with van der Waals surface area (Å²) in [6.07, 6.45) is 2.78. The molecule has 1 fully saturated rings. The van der Waals surface area contributed by atoms with Gasteiger partial charge in [0.05, 0.1) is 38.7 Å². The average molecular weight is 482 g/mol. The summed E-state index contributed by atoms with van der Waals surface area (Å²) in [5.41, 5.74) is 2.14. The van der Waals surface area contributed by atoms with Gasteiger partial charge < -0.3 is 19.1 Å². The number of nitrogens with zero attached hydrogens (tertiary/aromatic N) is 5. The number of benzene rings is 2. The van der Waals surface area contributed by atoms with E-state index in [0.29, 0.717) is 24.9 Å². The van der Waals surface area contributed by atoms with Gasteiger partial charge in [-0.3, -0.25) is 4.79 Å². The Bertz CT molecular complexity index is 1140. The van der Waals surface area contributed by atoms with Crippen LogP contribution in [0.2, 0.25) is 0 Å². The molecule has 1 atom stereocenters. The minimum atomic E-state index is 0.0422. The second-order valence-electron chi connectivity index (χ2n) is 8.26. The first-order chi connectivity index (χ1) is 16.7. The zero-order valence-corrected chi connectivity index (χ0v) is 19.9. The molecule has 0 bridgehead atoms. The maximum atomic E-state index is 13.2. The highest BCUT2D eigenvalue weighted by atomic mass is 32.2. The lowest BCUT2D eigenvalue weighted by atomic mass is 10.0. The van der Waals surface area contributed by atoms with Gasteiger partial charge in [0.15, 0.2) is 11.5 Å². The number of likely N-dealkylation sites (tertiary alicyclic amines) is 1. The van der Waals surface area contributed by atoms with E-state index in [-0.39, 0.29) is 17.7 Å². The summed E-state index contributed by atoms with van der Waals surface area (Å²) >= 11 is 1.36. The van der Waals surface area contributed by atoms with E-state index in [1.165, 1.54) is 11.8 Å². The molecule has 0 saturated carbocycles. The van der Waals surface area contributed by atoms with Crippen LogP contribution in [0.5, 0.6) is 17.2 Å². The van der Waals surface area contributed by atoms with Crippen molar-refractivity contribution in [3.8, 4) is 17.2 Å². The standard InChI is InChI=1S/C24H27N5O4S/c1-31-19-8-5-17(6-9-19)15-29-24(25-26-27-29)34-16-23(30)28-11-2-4-20(28)18-7-10-21-22(14-18)33-13-3-12-32-21/h5-10,14,20H,2-4,11-13,15-16H2,1H3. The van der Waals surface area contributed by atoms with Crippen LogP contribution >= 0.6 is 11.8 Å². The molecule has 10 heteroatoms. The molecule has 9 nitrogen and oxygen atoms in total. The largest absolute Gasteiger partial charge is 0.497 e. The zero-order chi connectivity index (χ0) is 23.3. The van der Waals surface area contributed by atoms with Gasteiger partial charge in [0, 0.05) is 13.0 Å². The monoisotopic (exact) mass is 481 g/mol. The molecule has 0 aliphatic carbocycles. The van der Waals surface area contributed by atoms with Gasteiger partial charge in [0.2, 0.25) is 11.1 Å². The van der Waals surface area contributed by atoms with E-state index >= 15 is 0 Å². The fraction of sp³-hybridized carbons (Fsp3) is 0.417. The van der Waals surface area contributed by atoms with Gasteiger partial charge in [-0.05, 0) is 58.7 Å². The highest BCUT2D eigenvalue weighted by Gasteiger charge is 2.31. The molecular weight excluding hydrogens is 454 g/mol. The molecule has 3 aromatic rings. The Balaban J connectivity index is 1.23. The molecular formula is C24H27N5O4S. The fourth-order valence-corrected chi connectivity index (χ4v) is 5.07. The molecule has 0 N–H and O–H groups in total. The third kappa shape index (κ3) is 4.96. The van der Waals surface area contributed by atoms with Crippen LogP contribution in [0.1, 0.15) is 36.4 Å². The minimum Gasteiger partial charge on any atom is -0.497 e. The molecule has 0 radical (unpaired) electrons. The summed E-state index contributed by atoms with van der Waals surface area (Å²) in [7, 11) is 1.64. The lowest BCUT2D eigenvalue weighted by Crippen LogP contribution is -2.32. The first-order valence-corrected chi connectivity index (χ1v) is 12.4. The molecule has 0 spiro atoms. The topological polar surface area (TPSA) is 91.6 Å². The average Bonchev–Trinajstić information content (AvgIpc) is 3.47. The number of carbonyl (C=O) groups is 1. The Morgan fingerprint density at radius 3 is 2.76 bits per heavy atom. The number of tetrazole rings is 1. The molecule has 178 valence electrons. The summed E-state index contributed by atoms with van der Waals surface area (Å²) in [4.78, 5) is 15.1. The molecule has 3 heterocycles. The normalized spacial score (nSPS) is 17.4. The van der Waals surface area contributed by atoms with Gasteiger partial charge in [-0.2, -0.15) is 0 Å². The van der Waals surface area contributed by atoms with Crippen molar-refractivity contribution in [2.45, 2.75) is 37.0 Å². The van der Waals surface area contributed by atoms with Crippen LogP contribution in [0, 0.1) is 0 Å².